The normalized spacial score (nSPS) is 9.38. The standard InChI is InChI=1S/C9H7FO3/c1-6(11)13-9(12)7-4-2-3-5-8(7)10/h2-5H,1H3. The summed E-state index contributed by atoms with van der Waals surface area (Å²) >= 11 is 0. The van der Waals surface area contributed by atoms with E-state index in [4.69, 9.17) is 0 Å². The fourth-order valence-electron chi connectivity index (χ4n) is 0.812. The van der Waals surface area contributed by atoms with Crippen molar-refractivity contribution in [2.75, 3.05) is 0 Å². The van der Waals surface area contributed by atoms with Crippen LogP contribution in [0.25, 0.3) is 0 Å². The minimum absolute atomic E-state index is 0.238. The second-order valence-corrected chi connectivity index (χ2v) is 2.36. The Bertz CT molecular complexity index is 346. The summed E-state index contributed by atoms with van der Waals surface area (Å²) in [6, 6.07) is 5.30. The third-order valence-electron chi connectivity index (χ3n) is 1.33. The quantitative estimate of drug-likeness (QED) is 0.488. The number of hydrogen-bond donors (Lipinski definition) is 0. The first-order valence-corrected chi connectivity index (χ1v) is 3.58. The summed E-state index contributed by atoms with van der Waals surface area (Å²) in [4.78, 5) is 21.4. The van der Waals surface area contributed by atoms with Crippen molar-refractivity contribution in [1.82, 2.24) is 0 Å². The lowest BCUT2D eigenvalue weighted by Gasteiger charge is -1.99. The molecule has 0 aromatic heterocycles. The fourth-order valence-corrected chi connectivity index (χ4v) is 0.812. The van der Waals surface area contributed by atoms with Crippen LogP contribution >= 0.6 is 0 Å². The number of hydrogen-bond acceptors (Lipinski definition) is 3. The first-order valence-electron chi connectivity index (χ1n) is 3.58. The monoisotopic (exact) mass is 182 g/mol. The summed E-state index contributed by atoms with van der Waals surface area (Å²) in [6.07, 6.45) is 0. The first-order chi connectivity index (χ1) is 6.11. The van der Waals surface area contributed by atoms with Crippen LogP contribution in [0.5, 0.6) is 0 Å². The molecule has 0 unspecified atom stereocenters. The molecule has 3 nitrogen and oxygen atoms in total. The maximum Gasteiger partial charge on any atom is 0.348 e. The first kappa shape index (κ1) is 9.38. The SMILES string of the molecule is CC(=O)OC(=O)c1ccccc1F. The Morgan fingerprint density at radius 1 is 1.31 bits per heavy atom. The van der Waals surface area contributed by atoms with Crippen molar-refractivity contribution in [2.45, 2.75) is 6.92 Å². The van der Waals surface area contributed by atoms with Crippen LogP contribution in [0, 0.1) is 5.82 Å². The molecule has 0 heterocycles. The van der Waals surface area contributed by atoms with Crippen LogP contribution in [-0.2, 0) is 9.53 Å². The molecule has 0 bridgehead atoms. The van der Waals surface area contributed by atoms with Crippen molar-refractivity contribution < 1.29 is 18.7 Å². The highest BCUT2D eigenvalue weighted by Crippen LogP contribution is 2.07. The summed E-state index contributed by atoms with van der Waals surface area (Å²) in [5.41, 5.74) is -0.238. The maximum absolute atomic E-state index is 12.9. The minimum Gasteiger partial charge on any atom is -0.390 e. The Morgan fingerprint density at radius 2 is 1.92 bits per heavy atom. The van der Waals surface area contributed by atoms with Gasteiger partial charge in [0.05, 0.1) is 5.56 Å². The molecule has 13 heavy (non-hydrogen) atoms. The van der Waals surface area contributed by atoms with Crippen LogP contribution in [0.2, 0.25) is 0 Å². The lowest BCUT2D eigenvalue weighted by Crippen LogP contribution is -2.10. The number of carbonyl (C=O) groups is 2. The van der Waals surface area contributed by atoms with E-state index in [0.29, 0.717) is 0 Å². The molecule has 0 fully saturated rings. The number of carbonyl (C=O) groups excluding carboxylic acids is 2. The van der Waals surface area contributed by atoms with Crippen molar-refractivity contribution in [2.24, 2.45) is 0 Å². The molecule has 0 aliphatic rings. The lowest BCUT2D eigenvalue weighted by molar-refractivity contribution is -0.135. The number of benzene rings is 1. The van der Waals surface area contributed by atoms with E-state index in [2.05, 4.69) is 4.74 Å². The van der Waals surface area contributed by atoms with Crippen LogP contribution < -0.4 is 0 Å². The molecule has 0 atom stereocenters. The van der Waals surface area contributed by atoms with Gasteiger partial charge in [-0.3, -0.25) is 4.79 Å². The molecule has 68 valence electrons. The van der Waals surface area contributed by atoms with Crippen LogP contribution in [-0.4, -0.2) is 11.9 Å². The van der Waals surface area contributed by atoms with E-state index in [1.807, 2.05) is 0 Å². The highest BCUT2D eigenvalue weighted by molar-refractivity contribution is 5.96. The molecule has 0 aliphatic heterocycles. The number of esters is 2. The van der Waals surface area contributed by atoms with Gasteiger partial charge >= 0.3 is 11.9 Å². The van der Waals surface area contributed by atoms with Crippen molar-refractivity contribution >= 4 is 11.9 Å². The van der Waals surface area contributed by atoms with E-state index in [1.54, 1.807) is 0 Å². The van der Waals surface area contributed by atoms with Crippen molar-refractivity contribution in [3.05, 3.63) is 35.6 Å². The van der Waals surface area contributed by atoms with Crippen molar-refractivity contribution in [1.29, 1.82) is 0 Å². The van der Waals surface area contributed by atoms with Crippen LogP contribution in [0.3, 0.4) is 0 Å². The molecule has 1 aromatic rings. The van der Waals surface area contributed by atoms with E-state index >= 15 is 0 Å². The minimum atomic E-state index is -0.967. The highest BCUT2D eigenvalue weighted by Gasteiger charge is 2.13. The topological polar surface area (TPSA) is 43.4 Å². The molecule has 0 saturated carbocycles. The predicted molar refractivity (Wildman–Crippen MR) is 42.5 cm³/mol. The Kier molecular flexibility index (Phi) is 2.74. The Labute approximate surface area is 74.1 Å². The van der Waals surface area contributed by atoms with Gasteiger partial charge in [0, 0.05) is 6.92 Å². The molecule has 0 N–H and O–H groups in total. The number of halogens is 1. The Morgan fingerprint density at radius 3 is 2.46 bits per heavy atom. The third-order valence-corrected chi connectivity index (χ3v) is 1.33. The van der Waals surface area contributed by atoms with Gasteiger partial charge in [-0.25, -0.2) is 9.18 Å². The molecule has 4 heteroatoms. The van der Waals surface area contributed by atoms with Crippen molar-refractivity contribution in [3.8, 4) is 0 Å². The highest BCUT2D eigenvalue weighted by atomic mass is 19.1. The second-order valence-electron chi connectivity index (χ2n) is 2.36. The van der Waals surface area contributed by atoms with E-state index in [-0.39, 0.29) is 5.56 Å². The summed E-state index contributed by atoms with van der Waals surface area (Å²) < 4.78 is 17.1. The van der Waals surface area contributed by atoms with E-state index < -0.39 is 17.8 Å². The number of rotatable bonds is 1. The molecule has 0 saturated heterocycles. The average Bonchev–Trinajstić information content (AvgIpc) is 2.03. The summed E-state index contributed by atoms with van der Waals surface area (Å²) in [7, 11) is 0. The van der Waals surface area contributed by atoms with E-state index in [1.165, 1.54) is 18.2 Å². The smallest absolute Gasteiger partial charge is 0.348 e. The van der Waals surface area contributed by atoms with Crippen LogP contribution in [0.1, 0.15) is 17.3 Å². The van der Waals surface area contributed by atoms with E-state index in [0.717, 1.165) is 13.0 Å². The zero-order valence-electron chi connectivity index (χ0n) is 6.91. The second kappa shape index (κ2) is 3.80. The Hall–Kier alpha value is -1.71. The molecule has 1 aromatic carbocycles. The molecule has 1 rings (SSSR count). The lowest BCUT2D eigenvalue weighted by atomic mass is 10.2. The zero-order valence-corrected chi connectivity index (χ0v) is 6.91. The maximum atomic E-state index is 12.9. The van der Waals surface area contributed by atoms with Crippen LogP contribution in [0.4, 0.5) is 4.39 Å². The fraction of sp³-hybridized carbons (Fsp3) is 0.111. The summed E-state index contributed by atoms with van der Waals surface area (Å²) in [5.74, 6) is -2.42. The largest absolute Gasteiger partial charge is 0.390 e. The van der Waals surface area contributed by atoms with Gasteiger partial charge in [-0.1, -0.05) is 12.1 Å². The van der Waals surface area contributed by atoms with E-state index in [9.17, 15) is 14.0 Å². The van der Waals surface area contributed by atoms with Gasteiger partial charge in [-0.2, -0.15) is 0 Å². The average molecular weight is 182 g/mol. The van der Waals surface area contributed by atoms with Gasteiger partial charge in [0.1, 0.15) is 5.82 Å². The van der Waals surface area contributed by atoms with Gasteiger partial charge in [-0.05, 0) is 12.1 Å². The van der Waals surface area contributed by atoms with Gasteiger partial charge in [0.2, 0.25) is 0 Å². The van der Waals surface area contributed by atoms with Gasteiger partial charge in [0.15, 0.2) is 0 Å². The number of ether oxygens (including phenoxy) is 1. The summed E-state index contributed by atoms with van der Waals surface area (Å²) in [5, 5.41) is 0. The molecule has 0 amide bonds. The Balaban J connectivity index is 2.89. The summed E-state index contributed by atoms with van der Waals surface area (Å²) in [6.45, 7) is 1.08. The molecule has 0 radical (unpaired) electrons. The van der Waals surface area contributed by atoms with Gasteiger partial charge < -0.3 is 4.74 Å². The molecule has 0 aliphatic carbocycles. The third kappa shape index (κ3) is 2.37. The van der Waals surface area contributed by atoms with Gasteiger partial charge in [0.25, 0.3) is 0 Å². The molecular weight excluding hydrogens is 175 g/mol. The zero-order chi connectivity index (χ0) is 9.84. The van der Waals surface area contributed by atoms with Crippen molar-refractivity contribution in [3.63, 3.8) is 0 Å². The predicted octanol–water partition coefficient (Wildman–Crippen LogP) is 1.53. The molecular formula is C9H7FO3. The molecule has 0 spiro atoms. The van der Waals surface area contributed by atoms with Crippen LogP contribution in [0.15, 0.2) is 24.3 Å². The van der Waals surface area contributed by atoms with Gasteiger partial charge in [-0.15, -0.1) is 0 Å².